The Kier molecular flexibility index (Phi) is 5.54. The van der Waals surface area contributed by atoms with Gasteiger partial charge >= 0.3 is 6.03 Å². The number of amides is 4. The van der Waals surface area contributed by atoms with Gasteiger partial charge in [-0.05, 0) is 61.6 Å². The lowest BCUT2D eigenvalue weighted by molar-refractivity contribution is -0.135. The van der Waals surface area contributed by atoms with Crippen LogP contribution < -0.4 is 10.6 Å². The van der Waals surface area contributed by atoms with Crippen LogP contribution in [0.5, 0.6) is 0 Å². The zero-order chi connectivity index (χ0) is 22.4. The van der Waals surface area contributed by atoms with Crippen molar-refractivity contribution >= 4 is 44.5 Å². The number of rotatable bonds is 5. The molecule has 0 radical (unpaired) electrons. The van der Waals surface area contributed by atoms with Gasteiger partial charge < -0.3 is 10.6 Å². The molecule has 1 aromatic heterocycles. The summed E-state index contributed by atoms with van der Waals surface area (Å²) in [5, 5.41) is 6.11. The molecule has 1 saturated heterocycles. The van der Waals surface area contributed by atoms with Gasteiger partial charge in [-0.3, -0.25) is 14.5 Å². The lowest BCUT2D eigenvalue weighted by atomic mass is 9.65. The second-order valence-corrected chi connectivity index (χ2v) is 10.6. The predicted molar refractivity (Wildman–Crippen MR) is 122 cm³/mol. The molecule has 2 aromatic rings. The van der Waals surface area contributed by atoms with Crippen molar-refractivity contribution < 1.29 is 14.4 Å². The number of nitrogens with one attached hydrogen (secondary N) is 2. The summed E-state index contributed by atoms with van der Waals surface area (Å²) in [6.45, 7) is 8.43. The van der Waals surface area contributed by atoms with Crippen molar-refractivity contribution in [2.24, 2.45) is 11.3 Å². The third kappa shape index (κ3) is 4.05. The highest BCUT2D eigenvalue weighted by molar-refractivity contribution is 7.22. The first kappa shape index (κ1) is 21.7. The van der Waals surface area contributed by atoms with E-state index in [1.165, 1.54) is 11.3 Å². The van der Waals surface area contributed by atoms with Gasteiger partial charge in [0.2, 0.25) is 5.91 Å². The maximum atomic E-state index is 13.1. The Morgan fingerprint density at radius 1 is 1.32 bits per heavy atom. The molecule has 8 heteroatoms. The third-order valence-electron chi connectivity index (χ3n) is 7.19. The van der Waals surface area contributed by atoms with Gasteiger partial charge in [-0.15, -0.1) is 0 Å². The molecule has 2 fully saturated rings. The molecular formula is C23H30N4O3S. The minimum Gasteiger partial charge on any atom is -0.323 e. The van der Waals surface area contributed by atoms with Crippen LogP contribution in [-0.4, -0.2) is 39.8 Å². The van der Waals surface area contributed by atoms with E-state index >= 15 is 0 Å². The molecule has 2 heterocycles. The van der Waals surface area contributed by atoms with Crippen molar-refractivity contribution in [2.45, 2.75) is 65.3 Å². The summed E-state index contributed by atoms with van der Waals surface area (Å²) in [6.07, 6.45) is 4.14. The highest BCUT2D eigenvalue weighted by atomic mass is 32.1. The van der Waals surface area contributed by atoms with Crippen LogP contribution in [0, 0.1) is 18.3 Å². The maximum Gasteiger partial charge on any atom is 0.325 e. The molecule has 7 nitrogen and oxygen atoms in total. The Hall–Kier alpha value is -2.48. The molecule has 2 N–H and O–H groups in total. The largest absolute Gasteiger partial charge is 0.325 e. The molecule has 2 aliphatic rings. The molecule has 31 heavy (non-hydrogen) atoms. The van der Waals surface area contributed by atoms with E-state index in [1.807, 2.05) is 25.1 Å². The van der Waals surface area contributed by atoms with E-state index in [2.05, 4.69) is 36.4 Å². The van der Waals surface area contributed by atoms with Crippen LogP contribution >= 0.6 is 11.3 Å². The van der Waals surface area contributed by atoms with Crippen LogP contribution in [0.25, 0.3) is 10.2 Å². The second kappa shape index (κ2) is 7.89. The monoisotopic (exact) mass is 442 g/mol. The van der Waals surface area contributed by atoms with E-state index in [-0.39, 0.29) is 17.9 Å². The van der Waals surface area contributed by atoms with E-state index < -0.39 is 17.5 Å². The first-order chi connectivity index (χ1) is 14.6. The molecule has 0 atom stereocenters. The van der Waals surface area contributed by atoms with Crippen LogP contribution in [0.4, 0.5) is 9.93 Å². The van der Waals surface area contributed by atoms with Crippen molar-refractivity contribution in [1.82, 2.24) is 15.2 Å². The van der Waals surface area contributed by atoms with Crippen molar-refractivity contribution in [3.05, 3.63) is 23.8 Å². The standard InChI is InChI=1S/C23H30N4O3S/c1-5-22(3,4)15-8-10-23(11-9-15)19(29)27(21(30)26-23)13-18(28)25-20-24-16-7-6-14(2)12-17(16)31-20/h6-7,12,15H,5,8-11,13H2,1-4H3,(H,26,30)(H,24,25,28). The predicted octanol–water partition coefficient (Wildman–Crippen LogP) is 4.46. The number of benzene rings is 1. The van der Waals surface area contributed by atoms with Gasteiger partial charge in [0.1, 0.15) is 12.1 Å². The number of nitrogens with zero attached hydrogens (tertiary/aromatic N) is 2. The molecule has 4 amide bonds. The molecular weight excluding hydrogens is 412 g/mol. The lowest BCUT2D eigenvalue weighted by Gasteiger charge is -2.42. The number of hydrogen-bond donors (Lipinski definition) is 2. The van der Waals surface area contributed by atoms with Crippen LogP contribution in [-0.2, 0) is 9.59 Å². The number of fused-ring (bicyclic) bond motifs is 1. The normalized spacial score (nSPS) is 24.1. The fraction of sp³-hybridized carbons (Fsp3) is 0.565. The summed E-state index contributed by atoms with van der Waals surface area (Å²) in [7, 11) is 0. The van der Waals surface area contributed by atoms with Crippen LogP contribution in [0.2, 0.25) is 0 Å². The first-order valence-corrected chi connectivity index (χ1v) is 11.8. The van der Waals surface area contributed by atoms with Crippen LogP contribution in [0.3, 0.4) is 0 Å². The number of imide groups is 1. The SMILES string of the molecule is CCC(C)(C)C1CCC2(CC1)NC(=O)N(CC(=O)Nc1nc3ccc(C)cc3s1)C2=O. The fourth-order valence-corrected chi connectivity index (χ4v) is 5.71. The molecule has 166 valence electrons. The summed E-state index contributed by atoms with van der Waals surface area (Å²) >= 11 is 1.38. The first-order valence-electron chi connectivity index (χ1n) is 10.9. The minimum absolute atomic E-state index is 0.225. The van der Waals surface area contributed by atoms with Gasteiger partial charge in [-0.2, -0.15) is 0 Å². The van der Waals surface area contributed by atoms with E-state index in [1.54, 1.807) is 0 Å². The molecule has 4 rings (SSSR count). The van der Waals surface area contributed by atoms with Crippen LogP contribution in [0.1, 0.15) is 58.4 Å². The number of hydrogen-bond acceptors (Lipinski definition) is 5. The molecule has 1 aromatic carbocycles. The Morgan fingerprint density at radius 3 is 2.71 bits per heavy atom. The second-order valence-electron chi connectivity index (χ2n) is 9.56. The average Bonchev–Trinajstić information content (AvgIpc) is 3.21. The fourth-order valence-electron chi connectivity index (χ4n) is 4.73. The van der Waals surface area contributed by atoms with Gasteiger partial charge in [-0.25, -0.2) is 9.78 Å². The van der Waals surface area contributed by atoms with E-state index in [0.717, 1.165) is 39.9 Å². The zero-order valence-corrected chi connectivity index (χ0v) is 19.4. The quantitative estimate of drug-likeness (QED) is 0.669. The molecule has 1 aliphatic heterocycles. The van der Waals surface area contributed by atoms with E-state index in [9.17, 15) is 14.4 Å². The van der Waals surface area contributed by atoms with E-state index in [4.69, 9.17) is 0 Å². The molecule has 0 bridgehead atoms. The van der Waals surface area contributed by atoms with Crippen molar-refractivity contribution in [3.8, 4) is 0 Å². The summed E-state index contributed by atoms with van der Waals surface area (Å²) in [4.78, 5) is 43.7. The van der Waals surface area contributed by atoms with E-state index in [0.29, 0.717) is 23.9 Å². The maximum absolute atomic E-state index is 13.1. The van der Waals surface area contributed by atoms with Gasteiger partial charge in [0.15, 0.2) is 5.13 Å². The Bertz CT molecular complexity index is 1040. The summed E-state index contributed by atoms with van der Waals surface area (Å²) in [5.41, 5.74) is 1.30. The zero-order valence-electron chi connectivity index (χ0n) is 18.6. The number of anilines is 1. The molecule has 1 spiro atoms. The molecule has 0 unspecified atom stereocenters. The number of aryl methyl sites for hydroxylation is 1. The van der Waals surface area contributed by atoms with Gasteiger partial charge in [0, 0.05) is 0 Å². The van der Waals surface area contributed by atoms with Crippen molar-refractivity contribution in [1.29, 1.82) is 0 Å². The van der Waals surface area contributed by atoms with Crippen LogP contribution in [0.15, 0.2) is 18.2 Å². The number of urea groups is 1. The highest BCUT2D eigenvalue weighted by Crippen LogP contribution is 2.45. The smallest absolute Gasteiger partial charge is 0.323 e. The summed E-state index contributed by atoms with van der Waals surface area (Å²) in [5.74, 6) is -0.162. The summed E-state index contributed by atoms with van der Waals surface area (Å²) < 4.78 is 0.982. The lowest BCUT2D eigenvalue weighted by Crippen LogP contribution is -2.51. The summed E-state index contributed by atoms with van der Waals surface area (Å²) in [6, 6.07) is 5.42. The minimum atomic E-state index is -0.856. The molecule has 1 aliphatic carbocycles. The highest BCUT2D eigenvalue weighted by Gasteiger charge is 2.53. The Labute approximate surface area is 186 Å². The number of thiazole rings is 1. The Balaban J connectivity index is 1.40. The van der Waals surface area contributed by atoms with Crippen molar-refractivity contribution in [3.63, 3.8) is 0 Å². The Morgan fingerprint density at radius 2 is 2.03 bits per heavy atom. The number of carbonyl (C=O) groups excluding carboxylic acids is 3. The van der Waals surface area contributed by atoms with Gasteiger partial charge in [0.05, 0.1) is 10.2 Å². The van der Waals surface area contributed by atoms with Gasteiger partial charge in [0.25, 0.3) is 5.91 Å². The number of aromatic nitrogens is 1. The third-order valence-corrected chi connectivity index (χ3v) is 8.13. The topological polar surface area (TPSA) is 91.4 Å². The molecule has 1 saturated carbocycles. The van der Waals surface area contributed by atoms with Gasteiger partial charge in [-0.1, -0.05) is 44.6 Å². The number of carbonyl (C=O) groups is 3. The van der Waals surface area contributed by atoms with Crippen molar-refractivity contribution in [2.75, 3.05) is 11.9 Å². The average molecular weight is 443 g/mol.